The van der Waals surface area contributed by atoms with E-state index in [-0.39, 0.29) is 12.0 Å². The molecule has 0 aliphatic carbocycles. The number of hydrogen-bond acceptors (Lipinski definition) is 1. The van der Waals surface area contributed by atoms with E-state index in [1.807, 2.05) is 37.3 Å². The molecular weight excluding hydrogens is 160 g/mol. The van der Waals surface area contributed by atoms with Crippen molar-refractivity contribution in [1.29, 1.82) is 0 Å². The Kier molecular flexibility index (Phi) is 3.71. The Labute approximate surface area is 79.7 Å². The molecule has 1 rings (SSSR count). The smallest absolute Gasteiger partial charge is 0.0640 e. The van der Waals surface area contributed by atoms with Crippen molar-refractivity contribution in [3.05, 3.63) is 48.6 Å². The molecule has 1 N–H and O–H groups in total. The average Bonchev–Trinajstić information content (AvgIpc) is 2.18. The maximum atomic E-state index is 9.70. The van der Waals surface area contributed by atoms with Crippen molar-refractivity contribution < 1.29 is 5.11 Å². The molecule has 0 radical (unpaired) electrons. The maximum absolute atomic E-state index is 9.70. The molecule has 0 aromatic heterocycles. The van der Waals surface area contributed by atoms with Gasteiger partial charge in [0.2, 0.25) is 0 Å². The third kappa shape index (κ3) is 3.03. The summed E-state index contributed by atoms with van der Waals surface area (Å²) >= 11 is 0. The summed E-state index contributed by atoms with van der Waals surface area (Å²) in [6.07, 6.45) is 2.17. The van der Waals surface area contributed by atoms with Crippen molar-refractivity contribution in [3.63, 3.8) is 0 Å². The zero-order valence-electron chi connectivity index (χ0n) is 7.98. The summed E-state index contributed by atoms with van der Waals surface area (Å²) in [5.74, 6) is 0.153. The highest BCUT2D eigenvalue weighted by Crippen LogP contribution is 2.10. The van der Waals surface area contributed by atoms with E-state index in [1.54, 1.807) is 6.08 Å². The molecule has 1 aromatic rings. The van der Waals surface area contributed by atoms with E-state index < -0.39 is 0 Å². The quantitative estimate of drug-likeness (QED) is 0.698. The lowest BCUT2D eigenvalue weighted by atomic mass is 9.98. The summed E-state index contributed by atoms with van der Waals surface area (Å²) in [4.78, 5) is 0. The Morgan fingerprint density at radius 3 is 2.54 bits per heavy atom. The molecule has 0 aliphatic rings. The van der Waals surface area contributed by atoms with E-state index in [4.69, 9.17) is 0 Å². The Morgan fingerprint density at radius 2 is 2.00 bits per heavy atom. The van der Waals surface area contributed by atoms with Gasteiger partial charge < -0.3 is 5.11 Å². The van der Waals surface area contributed by atoms with Crippen LogP contribution in [-0.2, 0) is 6.42 Å². The van der Waals surface area contributed by atoms with Crippen molar-refractivity contribution in [3.8, 4) is 0 Å². The van der Waals surface area contributed by atoms with Crippen molar-refractivity contribution in [2.24, 2.45) is 5.92 Å². The minimum Gasteiger partial charge on any atom is -0.392 e. The van der Waals surface area contributed by atoms with E-state index in [0.717, 1.165) is 0 Å². The van der Waals surface area contributed by atoms with Crippen LogP contribution in [0.5, 0.6) is 0 Å². The van der Waals surface area contributed by atoms with Gasteiger partial charge in [-0.2, -0.15) is 0 Å². The molecule has 0 spiro atoms. The summed E-state index contributed by atoms with van der Waals surface area (Å²) in [5.41, 5.74) is 1.17. The third-order valence-corrected chi connectivity index (χ3v) is 2.27. The molecule has 1 aromatic carbocycles. The number of hydrogen-bond donors (Lipinski definition) is 1. The lowest BCUT2D eigenvalue weighted by Gasteiger charge is -2.14. The van der Waals surface area contributed by atoms with Crippen molar-refractivity contribution in [2.45, 2.75) is 19.4 Å². The topological polar surface area (TPSA) is 20.2 Å². The van der Waals surface area contributed by atoms with Crippen LogP contribution >= 0.6 is 0 Å². The SMILES string of the molecule is C=CC(C)C(O)Cc1ccccc1. The second-order valence-electron chi connectivity index (χ2n) is 3.35. The first kappa shape index (κ1) is 10.0. The molecule has 2 atom stereocenters. The van der Waals surface area contributed by atoms with Crippen LogP contribution in [-0.4, -0.2) is 11.2 Å². The summed E-state index contributed by atoms with van der Waals surface area (Å²) in [6, 6.07) is 10.0. The minimum absolute atomic E-state index is 0.153. The monoisotopic (exact) mass is 176 g/mol. The van der Waals surface area contributed by atoms with Gasteiger partial charge in [0.15, 0.2) is 0 Å². The highest BCUT2D eigenvalue weighted by atomic mass is 16.3. The van der Waals surface area contributed by atoms with Gasteiger partial charge in [0.1, 0.15) is 0 Å². The predicted octanol–water partition coefficient (Wildman–Crippen LogP) is 2.41. The van der Waals surface area contributed by atoms with Crippen LogP contribution in [0.3, 0.4) is 0 Å². The molecule has 1 nitrogen and oxygen atoms in total. The molecule has 2 unspecified atom stereocenters. The van der Waals surface area contributed by atoms with Gasteiger partial charge in [0.05, 0.1) is 6.10 Å². The van der Waals surface area contributed by atoms with Crippen LogP contribution in [0.1, 0.15) is 12.5 Å². The Balaban J connectivity index is 2.54. The first-order valence-corrected chi connectivity index (χ1v) is 4.58. The van der Waals surface area contributed by atoms with Gasteiger partial charge in [-0.15, -0.1) is 6.58 Å². The first-order chi connectivity index (χ1) is 6.24. The van der Waals surface area contributed by atoms with Crippen molar-refractivity contribution >= 4 is 0 Å². The van der Waals surface area contributed by atoms with Gasteiger partial charge in [-0.1, -0.05) is 43.3 Å². The largest absolute Gasteiger partial charge is 0.392 e. The van der Waals surface area contributed by atoms with E-state index in [9.17, 15) is 5.11 Å². The molecule has 0 fully saturated rings. The van der Waals surface area contributed by atoms with Crippen LogP contribution in [0.4, 0.5) is 0 Å². The standard InChI is InChI=1S/C12H16O/c1-3-10(2)12(13)9-11-7-5-4-6-8-11/h3-8,10,12-13H,1,9H2,2H3. The Morgan fingerprint density at radius 1 is 1.38 bits per heavy atom. The number of aliphatic hydroxyl groups is 1. The first-order valence-electron chi connectivity index (χ1n) is 4.58. The predicted molar refractivity (Wildman–Crippen MR) is 55.5 cm³/mol. The molecule has 0 amide bonds. The van der Waals surface area contributed by atoms with Crippen LogP contribution in [0, 0.1) is 5.92 Å². The van der Waals surface area contributed by atoms with Crippen molar-refractivity contribution in [1.82, 2.24) is 0 Å². The second kappa shape index (κ2) is 4.83. The fourth-order valence-corrected chi connectivity index (χ4v) is 1.20. The van der Waals surface area contributed by atoms with Gasteiger partial charge >= 0.3 is 0 Å². The normalized spacial score (nSPS) is 14.9. The van der Waals surface area contributed by atoms with Gasteiger partial charge in [-0.25, -0.2) is 0 Å². The van der Waals surface area contributed by atoms with Gasteiger partial charge in [-0.3, -0.25) is 0 Å². The molecule has 70 valence electrons. The highest BCUT2D eigenvalue weighted by Gasteiger charge is 2.10. The van der Waals surface area contributed by atoms with E-state index in [2.05, 4.69) is 6.58 Å². The third-order valence-electron chi connectivity index (χ3n) is 2.27. The van der Waals surface area contributed by atoms with E-state index >= 15 is 0 Å². The van der Waals surface area contributed by atoms with Crippen LogP contribution in [0.15, 0.2) is 43.0 Å². The highest BCUT2D eigenvalue weighted by molar-refractivity contribution is 5.15. The van der Waals surface area contributed by atoms with Crippen LogP contribution in [0.25, 0.3) is 0 Å². The van der Waals surface area contributed by atoms with E-state index in [1.165, 1.54) is 5.56 Å². The molecular formula is C12H16O. The van der Waals surface area contributed by atoms with Gasteiger partial charge in [0, 0.05) is 0 Å². The Hall–Kier alpha value is -1.08. The summed E-state index contributed by atoms with van der Waals surface area (Å²) in [6.45, 7) is 5.64. The zero-order chi connectivity index (χ0) is 9.68. The second-order valence-corrected chi connectivity index (χ2v) is 3.35. The van der Waals surface area contributed by atoms with Crippen molar-refractivity contribution in [2.75, 3.05) is 0 Å². The summed E-state index contributed by atoms with van der Waals surface area (Å²) in [5, 5.41) is 9.70. The molecule has 0 bridgehead atoms. The van der Waals surface area contributed by atoms with Gasteiger partial charge in [-0.05, 0) is 17.9 Å². The lowest BCUT2D eigenvalue weighted by molar-refractivity contribution is 0.138. The molecule has 0 saturated carbocycles. The fraction of sp³-hybridized carbons (Fsp3) is 0.333. The Bertz CT molecular complexity index is 253. The molecule has 13 heavy (non-hydrogen) atoms. The minimum atomic E-state index is -0.320. The summed E-state index contributed by atoms with van der Waals surface area (Å²) in [7, 11) is 0. The van der Waals surface area contributed by atoms with Crippen LogP contribution < -0.4 is 0 Å². The lowest BCUT2D eigenvalue weighted by Crippen LogP contribution is -2.18. The molecule has 0 aliphatic heterocycles. The number of rotatable bonds is 4. The fourth-order valence-electron chi connectivity index (χ4n) is 1.20. The molecule has 0 saturated heterocycles. The van der Waals surface area contributed by atoms with Crippen LogP contribution in [0.2, 0.25) is 0 Å². The number of aliphatic hydroxyl groups excluding tert-OH is 1. The van der Waals surface area contributed by atoms with E-state index in [0.29, 0.717) is 6.42 Å². The zero-order valence-corrected chi connectivity index (χ0v) is 7.98. The summed E-state index contributed by atoms with van der Waals surface area (Å²) < 4.78 is 0. The number of benzene rings is 1. The average molecular weight is 176 g/mol. The molecule has 1 heteroatoms. The molecule has 0 heterocycles. The maximum Gasteiger partial charge on any atom is 0.0640 e. The van der Waals surface area contributed by atoms with Gasteiger partial charge in [0.25, 0.3) is 0 Å².